The lowest BCUT2D eigenvalue weighted by molar-refractivity contribution is -0.117. The molecule has 1 fully saturated rings. The van der Waals surface area contributed by atoms with Gasteiger partial charge >= 0.3 is 0 Å². The van der Waals surface area contributed by atoms with E-state index in [1.807, 2.05) is 4.90 Å². The Bertz CT molecular complexity index is 1330. The van der Waals surface area contributed by atoms with Crippen molar-refractivity contribution in [3.05, 3.63) is 65.8 Å². The third-order valence-corrected chi connectivity index (χ3v) is 5.78. The molecule has 0 radical (unpaired) electrons. The van der Waals surface area contributed by atoms with E-state index in [1.54, 1.807) is 36.3 Å². The molecular weight excluding hydrogens is 441 g/mol. The number of hydrogen-bond donors (Lipinski definition) is 1. The van der Waals surface area contributed by atoms with Crippen molar-refractivity contribution in [3.63, 3.8) is 0 Å². The molecule has 2 amide bonds. The zero-order chi connectivity index (χ0) is 23.7. The number of aromatic nitrogens is 2. The normalized spacial score (nSPS) is 14.5. The van der Waals surface area contributed by atoms with Crippen molar-refractivity contribution in [2.75, 3.05) is 38.0 Å². The van der Waals surface area contributed by atoms with Gasteiger partial charge in [0.15, 0.2) is 5.76 Å². The number of anilines is 1. The molecule has 1 aliphatic heterocycles. The summed E-state index contributed by atoms with van der Waals surface area (Å²) in [6.45, 7) is 3.98. The summed E-state index contributed by atoms with van der Waals surface area (Å²) in [6, 6.07) is 10.8. The maximum absolute atomic E-state index is 13.5. The Hall–Kier alpha value is -4.05. The van der Waals surface area contributed by atoms with Crippen molar-refractivity contribution < 1.29 is 22.9 Å². The number of nitrogens with one attached hydrogen (secondary N) is 1. The number of carbonyl (C=O) groups is 2. The molecular formula is C24H22FN5O4. The SMILES string of the molecule is Cc1noc2nc(-c3ccco3)cc(C(=O)N3CCN(CC(=O)Nc4ccc(F)cc4)CC3)c12. The van der Waals surface area contributed by atoms with Crippen LogP contribution in [0.5, 0.6) is 0 Å². The third kappa shape index (κ3) is 4.40. The molecule has 10 heteroatoms. The number of halogens is 1. The molecule has 0 unspecified atom stereocenters. The topological polar surface area (TPSA) is 105 Å². The summed E-state index contributed by atoms with van der Waals surface area (Å²) in [4.78, 5) is 34.0. The maximum atomic E-state index is 13.5. The summed E-state index contributed by atoms with van der Waals surface area (Å²) in [5.74, 6) is -0.169. The molecule has 1 saturated heterocycles. The van der Waals surface area contributed by atoms with Crippen LogP contribution in [-0.2, 0) is 4.79 Å². The largest absolute Gasteiger partial charge is 0.463 e. The van der Waals surface area contributed by atoms with E-state index in [0.29, 0.717) is 60.0 Å². The van der Waals surface area contributed by atoms with E-state index in [-0.39, 0.29) is 29.9 Å². The highest BCUT2D eigenvalue weighted by molar-refractivity contribution is 6.07. The summed E-state index contributed by atoms with van der Waals surface area (Å²) in [5.41, 5.74) is 2.36. The Morgan fingerprint density at radius 3 is 2.59 bits per heavy atom. The molecule has 1 aliphatic rings. The highest BCUT2D eigenvalue weighted by Crippen LogP contribution is 2.28. The van der Waals surface area contributed by atoms with Crippen LogP contribution < -0.4 is 5.32 Å². The molecule has 0 bridgehead atoms. The van der Waals surface area contributed by atoms with Gasteiger partial charge in [0.2, 0.25) is 5.91 Å². The van der Waals surface area contributed by atoms with E-state index in [0.717, 1.165) is 0 Å². The molecule has 174 valence electrons. The van der Waals surface area contributed by atoms with Gasteiger partial charge in [0.25, 0.3) is 11.6 Å². The van der Waals surface area contributed by atoms with E-state index in [9.17, 15) is 14.0 Å². The smallest absolute Gasteiger partial charge is 0.259 e. The van der Waals surface area contributed by atoms with Crippen molar-refractivity contribution in [3.8, 4) is 11.5 Å². The summed E-state index contributed by atoms with van der Waals surface area (Å²) >= 11 is 0. The molecule has 9 nitrogen and oxygen atoms in total. The van der Waals surface area contributed by atoms with Gasteiger partial charge < -0.3 is 19.2 Å². The second-order valence-corrected chi connectivity index (χ2v) is 8.10. The second kappa shape index (κ2) is 9.06. The van der Waals surface area contributed by atoms with Crippen molar-refractivity contribution in [1.29, 1.82) is 0 Å². The molecule has 0 spiro atoms. The minimum atomic E-state index is -0.358. The Balaban J connectivity index is 1.26. The summed E-state index contributed by atoms with van der Waals surface area (Å²) < 4.78 is 23.8. The van der Waals surface area contributed by atoms with Crippen molar-refractivity contribution in [2.45, 2.75) is 6.92 Å². The highest BCUT2D eigenvalue weighted by Gasteiger charge is 2.27. The molecule has 1 N–H and O–H groups in total. The predicted molar refractivity (Wildman–Crippen MR) is 122 cm³/mol. The number of piperazine rings is 1. The number of amides is 2. The van der Waals surface area contributed by atoms with Crippen molar-refractivity contribution in [1.82, 2.24) is 19.9 Å². The lowest BCUT2D eigenvalue weighted by Gasteiger charge is -2.34. The summed E-state index contributed by atoms with van der Waals surface area (Å²) in [5, 5.41) is 7.32. The van der Waals surface area contributed by atoms with Gasteiger partial charge in [-0.2, -0.15) is 0 Å². The standard InChI is InChI=1S/C24H22FN5O4/c1-15-22-18(13-19(20-3-2-12-33-20)27-23(22)34-28-15)24(32)30-10-8-29(9-11-30)14-21(31)26-17-6-4-16(25)5-7-17/h2-7,12-13H,8-11,14H2,1H3,(H,26,31). The second-order valence-electron chi connectivity index (χ2n) is 8.10. The average Bonchev–Trinajstić information content (AvgIpc) is 3.51. The minimum absolute atomic E-state index is 0.151. The molecule has 4 heterocycles. The van der Waals surface area contributed by atoms with Crippen LogP contribution in [0.15, 0.2) is 57.7 Å². The number of aryl methyl sites for hydroxylation is 1. The molecule has 0 atom stereocenters. The van der Waals surface area contributed by atoms with Gasteiger partial charge in [0.1, 0.15) is 11.5 Å². The van der Waals surface area contributed by atoms with E-state index >= 15 is 0 Å². The van der Waals surface area contributed by atoms with Crippen LogP contribution in [0, 0.1) is 12.7 Å². The number of hydrogen-bond acceptors (Lipinski definition) is 7. The van der Waals surface area contributed by atoms with E-state index in [2.05, 4.69) is 15.5 Å². The first-order valence-electron chi connectivity index (χ1n) is 10.9. The average molecular weight is 463 g/mol. The lowest BCUT2D eigenvalue weighted by atomic mass is 10.1. The quantitative estimate of drug-likeness (QED) is 0.484. The Labute approximate surface area is 194 Å². The number of rotatable bonds is 5. The number of nitrogens with zero attached hydrogens (tertiary/aromatic N) is 4. The van der Waals surface area contributed by atoms with Crippen LogP contribution in [0.25, 0.3) is 22.6 Å². The molecule has 0 aliphatic carbocycles. The van der Waals surface area contributed by atoms with Gasteiger partial charge in [-0.15, -0.1) is 0 Å². The van der Waals surface area contributed by atoms with Gasteiger partial charge in [-0.3, -0.25) is 14.5 Å². The molecule has 3 aromatic heterocycles. The van der Waals surface area contributed by atoms with Crippen LogP contribution in [0.2, 0.25) is 0 Å². The van der Waals surface area contributed by atoms with Gasteiger partial charge in [-0.05, 0) is 49.4 Å². The zero-order valence-corrected chi connectivity index (χ0v) is 18.5. The van der Waals surface area contributed by atoms with E-state index in [4.69, 9.17) is 8.94 Å². The molecule has 4 aromatic rings. The summed E-state index contributed by atoms with van der Waals surface area (Å²) in [7, 11) is 0. The monoisotopic (exact) mass is 463 g/mol. The van der Waals surface area contributed by atoms with Crippen LogP contribution in [0.1, 0.15) is 16.1 Å². The lowest BCUT2D eigenvalue weighted by Crippen LogP contribution is -2.50. The van der Waals surface area contributed by atoms with Crippen LogP contribution >= 0.6 is 0 Å². The Morgan fingerprint density at radius 1 is 1.12 bits per heavy atom. The number of fused-ring (bicyclic) bond motifs is 1. The first-order valence-corrected chi connectivity index (χ1v) is 10.9. The van der Waals surface area contributed by atoms with E-state index < -0.39 is 0 Å². The van der Waals surface area contributed by atoms with Gasteiger partial charge in [-0.1, -0.05) is 5.16 Å². The number of furan rings is 1. The van der Waals surface area contributed by atoms with Crippen molar-refractivity contribution in [2.24, 2.45) is 0 Å². The first-order chi connectivity index (χ1) is 16.5. The summed E-state index contributed by atoms with van der Waals surface area (Å²) in [6.07, 6.45) is 1.54. The van der Waals surface area contributed by atoms with Gasteiger partial charge in [0.05, 0.1) is 29.5 Å². The van der Waals surface area contributed by atoms with Crippen molar-refractivity contribution >= 4 is 28.6 Å². The fourth-order valence-electron chi connectivity index (χ4n) is 4.03. The zero-order valence-electron chi connectivity index (χ0n) is 18.5. The molecule has 5 rings (SSSR count). The van der Waals surface area contributed by atoms with E-state index in [1.165, 1.54) is 24.3 Å². The number of benzene rings is 1. The molecule has 1 aromatic carbocycles. The Morgan fingerprint density at radius 2 is 1.88 bits per heavy atom. The molecule has 0 saturated carbocycles. The van der Waals surface area contributed by atoms with Gasteiger partial charge in [-0.25, -0.2) is 9.37 Å². The minimum Gasteiger partial charge on any atom is -0.463 e. The molecule has 34 heavy (non-hydrogen) atoms. The fourth-order valence-corrected chi connectivity index (χ4v) is 4.03. The fraction of sp³-hybridized carbons (Fsp3) is 0.250. The number of carbonyl (C=O) groups excluding carboxylic acids is 2. The Kier molecular flexibility index (Phi) is 5.81. The van der Waals surface area contributed by atoms with Crippen LogP contribution in [0.4, 0.5) is 10.1 Å². The van der Waals surface area contributed by atoms with Gasteiger partial charge in [0, 0.05) is 31.9 Å². The number of pyridine rings is 1. The maximum Gasteiger partial charge on any atom is 0.259 e. The van der Waals surface area contributed by atoms with Crippen LogP contribution in [-0.4, -0.2) is 64.5 Å². The first kappa shape index (κ1) is 21.8. The predicted octanol–water partition coefficient (Wildman–Crippen LogP) is 3.33. The van der Waals surface area contributed by atoms with Crippen LogP contribution in [0.3, 0.4) is 0 Å². The highest BCUT2D eigenvalue weighted by atomic mass is 19.1. The third-order valence-electron chi connectivity index (χ3n) is 5.78.